The molecule has 19 heavy (non-hydrogen) atoms. The van der Waals surface area contributed by atoms with Crippen LogP contribution in [0.2, 0.25) is 0 Å². The molecule has 0 aromatic rings. The molecule has 1 atom stereocenters. The van der Waals surface area contributed by atoms with E-state index >= 15 is 0 Å². The maximum atomic E-state index is 11.9. The molecule has 0 spiro atoms. The molecule has 0 radical (unpaired) electrons. The van der Waals surface area contributed by atoms with Gasteiger partial charge in [0.25, 0.3) is 0 Å². The number of hydrogen-bond donors (Lipinski definition) is 2. The second-order valence-electron chi connectivity index (χ2n) is 5.28. The Morgan fingerprint density at radius 2 is 2.21 bits per heavy atom. The average molecular weight is 266 g/mol. The Morgan fingerprint density at radius 1 is 1.47 bits per heavy atom. The molecule has 106 valence electrons. The molecule has 0 aromatic heterocycles. The number of piperidine rings is 1. The number of terminal acetylenes is 1. The van der Waals surface area contributed by atoms with E-state index in [9.17, 15) is 14.7 Å². The Labute approximate surface area is 114 Å². The maximum absolute atomic E-state index is 11.9. The molecule has 2 amide bonds. The molecule has 0 saturated carbocycles. The molecule has 1 aliphatic heterocycles. The highest BCUT2D eigenvalue weighted by atomic mass is 16.4. The second kappa shape index (κ2) is 7.03. The fourth-order valence-electron chi connectivity index (χ4n) is 2.25. The van der Waals surface area contributed by atoms with Crippen LogP contribution >= 0.6 is 0 Å². The van der Waals surface area contributed by atoms with E-state index in [1.165, 1.54) is 0 Å². The molecule has 1 heterocycles. The van der Waals surface area contributed by atoms with Crippen LogP contribution < -0.4 is 5.32 Å². The normalized spacial score (nSPS) is 22.6. The van der Waals surface area contributed by atoms with E-state index in [1.807, 2.05) is 0 Å². The van der Waals surface area contributed by atoms with Gasteiger partial charge in [0.2, 0.25) is 0 Å². The largest absolute Gasteiger partial charge is 0.481 e. The zero-order valence-electron chi connectivity index (χ0n) is 11.4. The van der Waals surface area contributed by atoms with Crippen molar-refractivity contribution in [1.29, 1.82) is 0 Å². The van der Waals surface area contributed by atoms with Crippen molar-refractivity contribution >= 4 is 12.0 Å². The molecule has 0 aromatic carbocycles. The van der Waals surface area contributed by atoms with Crippen molar-refractivity contribution < 1.29 is 14.7 Å². The number of likely N-dealkylation sites (tertiary alicyclic amines) is 1. The van der Waals surface area contributed by atoms with Crippen LogP contribution in [0.25, 0.3) is 0 Å². The summed E-state index contributed by atoms with van der Waals surface area (Å²) in [6.07, 6.45) is 8.95. The van der Waals surface area contributed by atoms with Gasteiger partial charge in [-0.1, -0.05) is 0 Å². The first-order valence-corrected chi connectivity index (χ1v) is 6.69. The summed E-state index contributed by atoms with van der Waals surface area (Å²) in [5.41, 5.74) is -0.820. The third-order valence-electron chi connectivity index (χ3n) is 3.52. The molecule has 5 nitrogen and oxygen atoms in total. The van der Waals surface area contributed by atoms with Crippen molar-refractivity contribution in [3.8, 4) is 12.3 Å². The first kappa shape index (κ1) is 15.4. The zero-order valence-corrected chi connectivity index (χ0v) is 11.4. The quantitative estimate of drug-likeness (QED) is 0.587. The highest BCUT2D eigenvalue weighted by Gasteiger charge is 2.39. The van der Waals surface area contributed by atoms with Crippen LogP contribution in [0.15, 0.2) is 0 Å². The molecule has 1 aliphatic rings. The topological polar surface area (TPSA) is 69.6 Å². The summed E-state index contributed by atoms with van der Waals surface area (Å²) in [6, 6.07) is -0.173. The molecule has 5 heteroatoms. The fourth-order valence-corrected chi connectivity index (χ4v) is 2.25. The molecule has 0 bridgehead atoms. The lowest BCUT2D eigenvalue weighted by molar-refractivity contribution is -0.150. The molecule has 1 saturated heterocycles. The van der Waals surface area contributed by atoms with Gasteiger partial charge in [-0.05, 0) is 32.6 Å². The third kappa shape index (κ3) is 4.47. The summed E-state index contributed by atoms with van der Waals surface area (Å²) in [5.74, 6) is 1.72. The van der Waals surface area contributed by atoms with Crippen LogP contribution in [0.4, 0.5) is 4.79 Å². The lowest BCUT2D eigenvalue weighted by atomic mass is 9.82. The van der Waals surface area contributed by atoms with E-state index in [4.69, 9.17) is 6.42 Å². The Balaban J connectivity index is 2.36. The number of unbranched alkanes of at least 4 members (excludes halogenated alkanes) is 2. The van der Waals surface area contributed by atoms with Gasteiger partial charge < -0.3 is 15.3 Å². The summed E-state index contributed by atoms with van der Waals surface area (Å²) >= 11 is 0. The number of nitrogens with one attached hydrogen (secondary N) is 1. The minimum Gasteiger partial charge on any atom is -0.481 e. The number of rotatable bonds is 5. The predicted molar refractivity (Wildman–Crippen MR) is 72.6 cm³/mol. The number of carbonyl (C=O) groups excluding carboxylic acids is 1. The number of nitrogens with zero attached hydrogens (tertiary/aromatic N) is 1. The van der Waals surface area contributed by atoms with Gasteiger partial charge in [-0.2, -0.15) is 0 Å². The number of amides is 2. The summed E-state index contributed by atoms with van der Waals surface area (Å²) in [4.78, 5) is 24.7. The standard InChI is InChI=1S/C14H22N2O3/c1-3-4-5-6-9-15-13(19)16-10-7-8-14(2,11-16)12(17)18/h1H,4-11H2,2H3,(H,15,19)(H,17,18). The van der Waals surface area contributed by atoms with Crippen LogP contribution in [0.5, 0.6) is 0 Å². The third-order valence-corrected chi connectivity index (χ3v) is 3.52. The number of hydrogen-bond acceptors (Lipinski definition) is 2. The van der Waals surface area contributed by atoms with Crippen molar-refractivity contribution in [2.45, 2.75) is 39.0 Å². The van der Waals surface area contributed by atoms with E-state index in [0.717, 1.165) is 25.7 Å². The van der Waals surface area contributed by atoms with Gasteiger partial charge in [-0.25, -0.2) is 4.79 Å². The predicted octanol–water partition coefficient (Wildman–Crippen LogP) is 1.69. The van der Waals surface area contributed by atoms with E-state index < -0.39 is 11.4 Å². The first-order valence-electron chi connectivity index (χ1n) is 6.69. The highest BCUT2D eigenvalue weighted by Crippen LogP contribution is 2.29. The van der Waals surface area contributed by atoms with Crippen LogP contribution in [-0.2, 0) is 4.79 Å². The van der Waals surface area contributed by atoms with Gasteiger partial charge in [0, 0.05) is 26.1 Å². The van der Waals surface area contributed by atoms with Gasteiger partial charge in [0.15, 0.2) is 0 Å². The van der Waals surface area contributed by atoms with Crippen molar-refractivity contribution in [3.05, 3.63) is 0 Å². The highest BCUT2D eigenvalue weighted by molar-refractivity contribution is 5.78. The number of carbonyl (C=O) groups is 2. The van der Waals surface area contributed by atoms with Crippen molar-refractivity contribution in [3.63, 3.8) is 0 Å². The SMILES string of the molecule is C#CCCCCNC(=O)N1CCCC(C)(C(=O)O)C1. The number of aliphatic carboxylic acids is 1. The minimum atomic E-state index is -0.834. The van der Waals surface area contributed by atoms with E-state index in [2.05, 4.69) is 11.2 Å². The average Bonchev–Trinajstić information content (AvgIpc) is 2.38. The van der Waals surface area contributed by atoms with E-state index in [1.54, 1.807) is 11.8 Å². The smallest absolute Gasteiger partial charge is 0.317 e. The summed E-state index contributed by atoms with van der Waals surface area (Å²) in [6.45, 7) is 3.18. The lowest BCUT2D eigenvalue weighted by Gasteiger charge is -2.37. The lowest BCUT2D eigenvalue weighted by Crippen LogP contribution is -2.51. The molecule has 2 N–H and O–H groups in total. The summed E-state index contributed by atoms with van der Waals surface area (Å²) in [5, 5.41) is 12.0. The summed E-state index contributed by atoms with van der Waals surface area (Å²) in [7, 11) is 0. The number of urea groups is 1. The van der Waals surface area contributed by atoms with Gasteiger partial charge in [0.05, 0.1) is 5.41 Å². The van der Waals surface area contributed by atoms with Gasteiger partial charge in [-0.15, -0.1) is 12.3 Å². The van der Waals surface area contributed by atoms with Gasteiger partial charge in [-0.3, -0.25) is 4.79 Å². The van der Waals surface area contributed by atoms with Crippen LogP contribution in [0, 0.1) is 17.8 Å². The Morgan fingerprint density at radius 3 is 2.84 bits per heavy atom. The van der Waals surface area contributed by atoms with Crippen molar-refractivity contribution in [2.75, 3.05) is 19.6 Å². The molecule has 1 fully saturated rings. The summed E-state index contributed by atoms with van der Waals surface area (Å²) < 4.78 is 0. The van der Waals surface area contributed by atoms with Gasteiger partial charge in [0.1, 0.15) is 0 Å². The maximum Gasteiger partial charge on any atom is 0.317 e. The minimum absolute atomic E-state index is 0.173. The van der Waals surface area contributed by atoms with E-state index in [-0.39, 0.29) is 12.6 Å². The molecule has 0 aliphatic carbocycles. The van der Waals surface area contributed by atoms with Crippen LogP contribution in [-0.4, -0.2) is 41.6 Å². The van der Waals surface area contributed by atoms with Gasteiger partial charge >= 0.3 is 12.0 Å². The molecular weight excluding hydrogens is 244 g/mol. The number of carboxylic acids is 1. The molecule has 1 unspecified atom stereocenters. The van der Waals surface area contributed by atoms with E-state index in [0.29, 0.717) is 19.5 Å². The second-order valence-corrected chi connectivity index (χ2v) is 5.28. The monoisotopic (exact) mass is 266 g/mol. The zero-order chi connectivity index (χ0) is 14.3. The Kier molecular flexibility index (Phi) is 5.68. The Bertz CT molecular complexity index is 375. The fraction of sp³-hybridized carbons (Fsp3) is 0.714. The van der Waals surface area contributed by atoms with Crippen molar-refractivity contribution in [2.24, 2.45) is 5.41 Å². The van der Waals surface area contributed by atoms with Crippen LogP contribution in [0.3, 0.4) is 0 Å². The molecular formula is C14H22N2O3. The molecule has 1 rings (SSSR count). The number of carboxylic acid groups (broad SMARTS) is 1. The first-order chi connectivity index (χ1) is 8.99. The Hall–Kier alpha value is -1.70. The van der Waals surface area contributed by atoms with Crippen molar-refractivity contribution in [1.82, 2.24) is 10.2 Å². The van der Waals surface area contributed by atoms with Crippen LogP contribution in [0.1, 0.15) is 39.0 Å².